The van der Waals surface area contributed by atoms with Crippen LogP contribution in [-0.2, 0) is 4.79 Å². The molecule has 0 spiro atoms. The van der Waals surface area contributed by atoms with Gasteiger partial charge in [0.15, 0.2) is 0 Å². The molecule has 0 aromatic carbocycles. The Kier molecular flexibility index (Phi) is 5.15. The molecule has 3 amide bonds. The molecule has 0 aromatic heterocycles. The molecule has 1 aliphatic carbocycles. The first kappa shape index (κ1) is 14.3. The summed E-state index contributed by atoms with van der Waals surface area (Å²) in [6.07, 6.45) is 4.38. The lowest BCUT2D eigenvalue weighted by Gasteiger charge is -2.33. The summed E-state index contributed by atoms with van der Waals surface area (Å²) in [6, 6.07) is 0.225. The Morgan fingerprint density at radius 3 is 2.74 bits per heavy atom. The molecule has 0 bridgehead atoms. The highest BCUT2D eigenvalue weighted by Gasteiger charge is 2.22. The quantitative estimate of drug-likeness (QED) is 0.676. The molecule has 0 radical (unpaired) electrons. The number of urea groups is 1. The molecule has 6 heteroatoms. The van der Waals surface area contributed by atoms with Crippen LogP contribution in [0.4, 0.5) is 4.79 Å². The lowest BCUT2D eigenvalue weighted by atomic mass is 10.2. The molecule has 19 heavy (non-hydrogen) atoms. The maximum absolute atomic E-state index is 11.8. The molecular weight excluding hydrogens is 244 g/mol. The molecule has 0 unspecified atom stereocenters. The molecule has 6 nitrogen and oxygen atoms in total. The van der Waals surface area contributed by atoms with E-state index in [0.29, 0.717) is 12.6 Å². The number of amides is 3. The first-order chi connectivity index (χ1) is 9.15. The Balaban J connectivity index is 1.69. The summed E-state index contributed by atoms with van der Waals surface area (Å²) in [6.45, 7) is 5.01. The second-order valence-electron chi connectivity index (χ2n) is 5.53. The van der Waals surface area contributed by atoms with Crippen molar-refractivity contribution in [3.63, 3.8) is 0 Å². The average Bonchev–Trinajstić information content (AvgIpc) is 2.84. The van der Waals surface area contributed by atoms with Gasteiger partial charge in [-0.25, -0.2) is 4.79 Å². The Morgan fingerprint density at radius 2 is 2.05 bits per heavy atom. The minimum atomic E-state index is -0.348. The smallest absolute Gasteiger partial charge is 0.321 e. The van der Waals surface area contributed by atoms with Crippen molar-refractivity contribution in [3.8, 4) is 0 Å². The topological polar surface area (TPSA) is 73.5 Å². The second-order valence-corrected chi connectivity index (χ2v) is 5.53. The molecule has 1 heterocycles. The predicted octanol–water partition coefficient (Wildman–Crippen LogP) is 0.0485. The fraction of sp³-hybridized carbons (Fsp3) is 0.846. The number of imide groups is 1. The lowest BCUT2D eigenvalue weighted by molar-refractivity contribution is -0.121. The number of rotatable bonds is 3. The predicted molar refractivity (Wildman–Crippen MR) is 72.8 cm³/mol. The zero-order valence-corrected chi connectivity index (χ0v) is 11.6. The van der Waals surface area contributed by atoms with Gasteiger partial charge in [0, 0.05) is 31.7 Å². The van der Waals surface area contributed by atoms with E-state index in [4.69, 9.17) is 0 Å². The van der Waals surface area contributed by atoms with E-state index in [1.165, 1.54) is 0 Å². The number of hydrogen-bond donors (Lipinski definition) is 3. The van der Waals surface area contributed by atoms with Crippen LogP contribution >= 0.6 is 0 Å². The van der Waals surface area contributed by atoms with Crippen molar-refractivity contribution in [3.05, 3.63) is 0 Å². The van der Waals surface area contributed by atoms with Crippen molar-refractivity contribution >= 4 is 11.9 Å². The van der Waals surface area contributed by atoms with Crippen molar-refractivity contribution < 1.29 is 9.59 Å². The van der Waals surface area contributed by atoms with E-state index < -0.39 is 0 Å². The molecule has 3 N–H and O–H groups in total. The molecule has 108 valence electrons. The third-order valence-electron chi connectivity index (χ3n) is 3.93. The van der Waals surface area contributed by atoms with Crippen LogP contribution in [0.2, 0.25) is 0 Å². The van der Waals surface area contributed by atoms with Gasteiger partial charge in [-0.2, -0.15) is 0 Å². The minimum absolute atomic E-state index is 0.218. The molecule has 2 rings (SSSR count). The van der Waals surface area contributed by atoms with Crippen molar-refractivity contribution in [2.45, 2.75) is 44.7 Å². The van der Waals surface area contributed by atoms with E-state index in [0.717, 1.165) is 45.3 Å². The van der Waals surface area contributed by atoms with Crippen LogP contribution in [0.1, 0.15) is 32.6 Å². The Labute approximate surface area is 114 Å². The van der Waals surface area contributed by atoms with Crippen molar-refractivity contribution in [1.82, 2.24) is 20.9 Å². The van der Waals surface area contributed by atoms with Crippen molar-refractivity contribution in [2.24, 2.45) is 0 Å². The van der Waals surface area contributed by atoms with Crippen LogP contribution in [-0.4, -0.2) is 55.1 Å². The molecule has 2 aliphatic rings. The van der Waals surface area contributed by atoms with Gasteiger partial charge in [0.25, 0.3) is 0 Å². The van der Waals surface area contributed by atoms with Gasteiger partial charge in [0.1, 0.15) is 0 Å². The first-order valence-corrected chi connectivity index (χ1v) is 7.20. The standard InChI is InChI=1S/C13H24N4O2/c1-10-8-14-6-7-17(10)9-12(18)16-13(19)15-11-4-2-3-5-11/h10-11,14H,2-9H2,1H3,(H2,15,16,18,19)/t10-/m1/s1. The van der Waals surface area contributed by atoms with Crippen LogP contribution in [0, 0.1) is 0 Å². The average molecular weight is 268 g/mol. The second kappa shape index (κ2) is 6.86. The molecular formula is C13H24N4O2. The number of hydrogen-bond acceptors (Lipinski definition) is 4. The summed E-state index contributed by atoms with van der Waals surface area (Å²) in [4.78, 5) is 25.6. The number of carbonyl (C=O) groups is 2. The third-order valence-corrected chi connectivity index (χ3v) is 3.93. The fourth-order valence-electron chi connectivity index (χ4n) is 2.76. The maximum Gasteiger partial charge on any atom is 0.321 e. The van der Waals surface area contributed by atoms with Gasteiger partial charge >= 0.3 is 6.03 Å². The van der Waals surface area contributed by atoms with E-state index in [1.807, 2.05) is 0 Å². The minimum Gasteiger partial charge on any atom is -0.335 e. The van der Waals surface area contributed by atoms with E-state index in [-0.39, 0.29) is 18.0 Å². The van der Waals surface area contributed by atoms with Gasteiger partial charge in [-0.05, 0) is 19.8 Å². The van der Waals surface area contributed by atoms with E-state index in [2.05, 4.69) is 27.8 Å². The largest absolute Gasteiger partial charge is 0.335 e. The molecule has 1 saturated carbocycles. The lowest BCUT2D eigenvalue weighted by Crippen LogP contribution is -2.54. The number of carbonyl (C=O) groups excluding carboxylic acids is 2. The zero-order valence-electron chi connectivity index (χ0n) is 11.6. The summed E-state index contributed by atoms with van der Waals surface area (Å²) in [5, 5.41) is 8.55. The number of nitrogens with zero attached hydrogens (tertiary/aromatic N) is 1. The fourth-order valence-corrected chi connectivity index (χ4v) is 2.76. The third kappa shape index (κ3) is 4.47. The van der Waals surface area contributed by atoms with Crippen LogP contribution in [0.15, 0.2) is 0 Å². The molecule has 1 atom stereocenters. The van der Waals surface area contributed by atoms with Crippen molar-refractivity contribution in [1.29, 1.82) is 0 Å². The normalized spacial score (nSPS) is 25.2. The van der Waals surface area contributed by atoms with Crippen LogP contribution in [0.25, 0.3) is 0 Å². The summed E-state index contributed by atoms with van der Waals surface area (Å²) >= 11 is 0. The van der Waals surface area contributed by atoms with E-state index >= 15 is 0 Å². The summed E-state index contributed by atoms with van der Waals surface area (Å²) in [5.74, 6) is -0.218. The summed E-state index contributed by atoms with van der Waals surface area (Å²) < 4.78 is 0. The Morgan fingerprint density at radius 1 is 1.32 bits per heavy atom. The van der Waals surface area contributed by atoms with Crippen LogP contribution < -0.4 is 16.0 Å². The summed E-state index contributed by atoms with van der Waals surface area (Å²) in [5.41, 5.74) is 0. The maximum atomic E-state index is 11.8. The summed E-state index contributed by atoms with van der Waals surface area (Å²) in [7, 11) is 0. The Hall–Kier alpha value is -1.14. The molecule has 1 aliphatic heterocycles. The zero-order chi connectivity index (χ0) is 13.7. The van der Waals surface area contributed by atoms with Gasteiger partial charge in [0.05, 0.1) is 6.54 Å². The van der Waals surface area contributed by atoms with Crippen molar-refractivity contribution in [2.75, 3.05) is 26.2 Å². The van der Waals surface area contributed by atoms with Gasteiger partial charge in [-0.3, -0.25) is 15.0 Å². The van der Waals surface area contributed by atoms with Gasteiger partial charge in [-0.15, -0.1) is 0 Å². The van der Waals surface area contributed by atoms with Crippen LogP contribution in [0.5, 0.6) is 0 Å². The first-order valence-electron chi connectivity index (χ1n) is 7.20. The van der Waals surface area contributed by atoms with Gasteiger partial charge in [-0.1, -0.05) is 12.8 Å². The highest BCUT2D eigenvalue weighted by molar-refractivity contribution is 5.95. The van der Waals surface area contributed by atoms with E-state index in [1.54, 1.807) is 0 Å². The van der Waals surface area contributed by atoms with E-state index in [9.17, 15) is 9.59 Å². The molecule has 0 aromatic rings. The molecule has 1 saturated heterocycles. The monoisotopic (exact) mass is 268 g/mol. The number of nitrogens with one attached hydrogen (secondary N) is 3. The van der Waals surface area contributed by atoms with Gasteiger partial charge in [0.2, 0.25) is 5.91 Å². The number of piperazine rings is 1. The highest BCUT2D eigenvalue weighted by atomic mass is 16.2. The SMILES string of the molecule is C[C@@H]1CNCCN1CC(=O)NC(=O)NC1CCCC1. The van der Waals surface area contributed by atoms with Gasteiger partial charge < -0.3 is 10.6 Å². The Bertz CT molecular complexity index is 329. The highest BCUT2D eigenvalue weighted by Crippen LogP contribution is 2.17. The molecule has 2 fully saturated rings. The van der Waals surface area contributed by atoms with Crippen LogP contribution in [0.3, 0.4) is 0 Å².